The predicted molar refractivity (Wildman–Crippen MR) is 62.9 cm³/mol. The van der Waals surface area contributed by atoms with Gasteiger partial charge in [0.05, 0.1) is 9.26 Å². The third-order valence-corrected chi connectivity index (χ3v) is 2.83. The molecule has 4 heteroatoms. The number of anilines is 1. The zero-order valence-corrected chi connectivity index (χ0v) is 10.1. The zero-order chi connectivity index (χ0) is 9.68. The number of rotatable bonds is 4. The van der Waals surface area contributed by atoms with Crippen LogP contribution < -0.4 is 5.32 Å². The molecule has 0 aromatic carbocycles. The average molecular weight is 291 g/mol. The van der Waals surface area contributed by atoms with E-state index in [1.54, 1.807) is 6.33 Å². The molecule has 0 bridgehead atoms. The summed E-state index contributed by atoms with van der Waals surface area (Å²) >= 11 is 2.30. The van der Waals surface area contributed by atoms with E-state index in [9.17, 15) is 0 Å². The van der Waals surface area contributed by atoms with E-state index in [-0.39, 0.29) is 0 Å². The first-order valence-electron chi connectivity index (χ1n) is 4.52. The Morgan fingerprint density at radius 3 is 2.77 bits per heavy atom. The van der Waals surface area contributed by atoms with Gasteiger partial charge in [-0.1, -0.05) is 13.3 Å². The topological polar surface area (TPSA) is 37.8 Å². The number of halogens is 1. The van der Waals surface area contributed by atoms with Crippen molar-refractivity contribution in [3.8, 4) is 0 Å². The molecule has 0 saturated carbocycles. The number of hydrogen-bond donors (Lipinski definition) is 1. The van der Waals surface area contributed by atoms with Gasteiger partial charge < -0.3 is 5.32 Å². The van der Waals surface area contributed by atoms with Gasteiger partial charge in [0.1, 0.15) is 12.1 Å². The fourth-order valence-corrected chi connectivity index (χ4v) is 1.85. The van der Waals surface area contributed by atoms with E-state index >= 15 is 0 Å². The Bertz CT molecular complexity index is 251. The van der Waals surface area contributed by atoms with Gasteiger partial charge in [0.15, 0.2) is 0 Å². The number of aromatic nitrogens is 2. The molecule has 0 fully saturated rings. The molecular formula is C9H14IN3. The first-order valence-corrected chi connectivity index (χ1v) is 5.60. The summed E-state index contributed by atoms with van der Waals surface area (Å²) in [5.41, 5.74) is 1.15. The van der Waals surface area contributed by atoms with Crippen LogP contribution in [0.15, 0.2) is 6.33 Å². The molecular weight excluding hydrogens is 277 g/mol. The zero-order valence-electron chi connectivity index (χ0n) is 7.97. The van der Waals surface area contributed by atoms with Crippen LogP contribution in [0.5, 0.6) is 0 Å². The lowest BCUT2D eigenvalue weighted by molar-refractivity contribution is 0.863. The van der Waals surface area contributed by atoms with Gasteiger partial charge in [-0.05, 0) is 35.9 Å². The number of hydrogen-bond acceptors (Lipinski definition) is 3. The van der Waals surface area contributed by atoms with Gasteiger partial charge in [-0.25, -0.2) is 9.97 Å². The van der Waals surface area contributed by atoms with Gasteiger partial charge in [-0.15, -0.1) is 0 Å². The highest BCUT2D eigenvalue weighted by atomic mass is 127. The summed E-state index contributed by atoms with van der Waals surface area (Å²) in [5, 5.41) is 3.22. The highest BCUT2D eigenvalue weighted by Crippen LogP contribution is 2.18. The number of nitrogens with zero attached hydrogens (tertiary/aromatic N) is 2. The van der Waals surface area contributed by atoms with Crippen molar-refractivity contribution in [2.24, 2.45) is 0 Å². The van der Waals surface area contributed by atoms with Crippen LogP contribution in [-0.2, 0) is 6.42 Å². The quantitative estimate of drug-likeness (QED) is 0.866. The van der Waals surface area contributed by atoms with Gasteiger partial charge in [-0.2, -0.15) is 0 Å². The van der Waals surface area contributed by atoms with Crippen LogP contribution in [-0.4, -0.2) is 16.5 Å². The van der Waals surface area contributed by atoms with Gasteiger partial charge in [0, 0.05) is 6.54 Å². The second kappa shape index (κ2) is 5.36. The average Bonchev–Trinajstić information content (AvgIpc) is 2.13. The molecule has 0 aliphatic heterocycles. The largest absolute Gasteiger partial charge is 0.369 e. The summed E-state index contributed by atoms with van der Waals surface area (Å²) < 4.78 is 1.16. The van der Waals surface area contributed by atoms with Crippen LogP contribution in [0.25, 0.3) is 0 Å². The number of aryl methyl sites for hydroxylation is 1. The summed E-state index contributed by atoms with van der Waals surface area (Å²) in [6.45, 7) is 5.13. The molecule has 0 aliphatic rings. The Hall–Kier alpha value is -0.390. The number of nitrogens with one attached hydrogen (secondary N) is 1. The second-order valence-corrected chi connectivity index (χ2v) is 3.84. The summed E-state index contributed by atoms with van der Waals surface area (Å²) in [6, 6.07) is 0. The third kappa shape index (κ3) is 2.79. The van der Waals surface area contributed by atoms with Crippen LogP contribution in [0, 0.1) is 3.57 Å². The minimum absolute atomic E-state index is 0.901. The van der Waals surface area contributed by atoms with E-state index in [1.165, 1.54) is 0 Å². The highest BCUT2D eigenvalue weighted by molar-refractivity contribution is 14.1. The van der Waals surface area contributed by atoms with E-state index < -0.39 is 0 Å². The third-order valence-electron chi connectivity index (χ3n) is 1.69. The standard InChI is InChI=1S/C9H14IN3/c1-3-5-7-8(10)9(11-4-2)13-6-12-7/h6H,3-5H2,1-2H3,(H,11,12,13). The lowest BCUT2D eigenvalue weighted by atomic mass is 10.2. The monoisotopic (exact) mass is 291 g/mol. The van der Waals surface area contributed by atoms with Crippen LogP contribution >= 0.6 is 22.6 Å². The van der Waals surface area contributed by atoms with Crippen molar-refractivity contribution >= 4 is 28.4 Å². The predicted octanol–water partition coefficient (Wildman–Crippen LogP) is 2.47. The molecule has 1 N–H and O–H groups in total. The lowest BCUT2D eigenvalue weighted by Gasteiger charge is -2.07. The summed E-state index contributed by atoms with van der Waals surface area (Å²) in [6.07, 6.45) is 3.78. The SMILES string of the molecule is CCCc1ncnc(NCC)c1I. The van der Waals surface area contributed by atoms with Crippen LogP contribution in [0.1, 0.15) is 26.0 Å². The van der Waals surface area contributed by atoms with E-state index in [1.807, 2.05) is 0 Å². The van der Waals surface area contributed by atoms with E-state index in [2.05, 4.69) is 51.7 Å². The summed E-state index contributed by atoms with van der Waals surface area (Å²) in [5.74, 6) is 0.960. The second-order valence-electron chi connectivity index (χ2n) is 2.76. The molecule has 0 spiro atoms. The summed E-state index contributed by atoms with van der Waals surface area (Å²) in [4.78, 5) is 8.43. The Morgan fingerprint density at radius 1 is 1.38 bits per heavy atom. The molecule has 3 nitrogen and oxygen atoms in total. The van der Waals surface area contributed by atoms with Crippen molar-refractivity contribution in [3.63, 3.8) is 0 Å². The van der Waals surface area contributed by atoms with Crippen molar-refractivity contribution < 1.29 is 0 Å². The first kappa shape index (κ1) is 10.7. The Balaban J connectivity index is 2.89. The van der Waals surface area contributed by atoms with E-state index in [4.69, 9.17) is 0 Å². The highest BCUT2D eigenvalue weighted by Gasteiger charge is 2.05. The summed E-state index contributed by atoms with van der Waals surface area (Å²) in [7, 11) is 0. The molecule has 13 heavy (non-hydrogen) atoms. The minimum Gasteiger partial charge on any atom is -0.369 e. The van der Waals surface area contributed by atoms with Crippen LogP contribution in [0.4, 0.5) is 5.82 Å². The van der Waals surface area contributed by atoms with Crippen molar-refractivity contribution in [1.29, 1.82) is 0 Å². The molecule has 1 rings (SSSR count). The molecule has 0 radical (unpaired) electrons. The normalized spacial score (nSPS) is 10.1. The van der Waals surface area contributed by atoms with Gasteiger partial charge in [0.2, 0.25) is 0 Å². The molecule has 0 atom stereocenters. The maximum absolute atomic E-state index is 4.25. The molecule has 1 aromatic heterocycles. The minimum atomic E-state index is 0.901. The maximum atomic E-state index is 4.25. The van der Waals surface area contributed by atoms with Gasteiger partial charge in [0.25, 0.3) is 0 Å². The maximum Gasteiger partial charge on any atom is 0.143 e. The Morgan fingerprint density at radius 2 is 2.15 bits per heavy atom. The fraction of sp³-hybridized carbons (Fsp3) is 0.556. The van der Waals surface area contributed by atoms with Crippen LogP contribution in [0.3, 0.4) is 0 Å². The van der Waals surface area contributed by atoms with Crippen LogP contribution in [0.2, 0.25) is 0 Å². The van der Waals surface area contributed by atoms with Gasteiger partial charge >= 0.3 is 0 Å². The van der Waals surface area contributed by atoms with Crippen molar-refractivity contribution in [1.82, 2.24) is 9.97 Å². The van der Waals surface area contributed by atoms with E-state index in [0.717, 1.165) is 34.5 Å². The lowest BCUT2D eigenvalue weighted by Crippen LogP contribution is -2.05. The van der Waals surface area contributed by atoms with Crippen molar-refractivity contribution in [2.75, 3.05) is 11.9 Å². The molecule has 1 heterocycles. The molecule has 0 aliphatic carbocycles. The molecule has 1 aromatic rings. The molecule has 0 saturated heterocycles. The smallest absolute Gasteiger partial charge is 0.143 e. The first-order chi connectivity index (χ1) is 6.29. The fourth-order valence-electron chi connectivity index (χ4n) is 1.11. The van der Waals surface area contributed by atoms with Gasteiger partial charge in [-0.3, -0.25) is 0 Å². The molecule has 0 unspecified atom stereocenters. The van der Waals surface area contributed by atoms with Crippen molar-refractivity contribution in [2.45, 2.75) is 26.7 Å². The Kier molecular flexibility index (Phi) is 4.41. The molecule has 0 amide bonds. The van der Waals surface area contributed by atoms with Crippen molar-refractivity contribution in [3.05, 3.63) is 15.6 Å². The van der Waals surface area contributed by atoms with E-state index in [0.29, 0.717) is 0 Å². The molecule has 72 valence electrons. The Labute approximate surface area is 92.5 Å².